The van der Waals surface area contributed by atoms with Crippen LogP contribution in [0.5, 0.6) is 5.75 Å². The number of methoxy groups -OCH3 is 1. The van der Waals surface area contributed by atoms with Crippen LogP contribution in [0.25, 0.3) is 0 Å². The van der Waals surface area contributed by atoms with Crippen LogP contribution in [0, 0.1) is 0 Å². The van der Waals surface area contributed by atoms with Crippen molar-refractivity contribution in [1.82, 2.24) is 10.2 Å². The molecule has 0 bridgehead atoms. The summed E-state index contributed by atoms with van der Waals surface area (Å²) in [7, 11) is -1.19. The number of halogens is 1. The molecule has 1 N–H and O–H groups in total. The van der Waals surface area contributed by atoms with Gasteiger partial charge >= 0.3 is 0 Å². The molecule has 0 radical (unpaired) electrons. The molecule has 4 aromatic carbocycles. The Hall–Kier alpha value is -4.34. The van der Waals surface area contributed by atoms with E-state index >= 15 is 0 Å². The number of benzene rings is 4. The van der Waals surface area contributed by atoms with Crippen LogP contribution < -0.4 is 14.4 Å². The van der Waals surface area contributed by atoms with Crippen molar-refractivity contribution in [3.63, 3.8) is 0 Å². The van der Waals surface area contributed by atoms with Crippen LogP contribution in [0.2, 0.25) is 5.02 Å². The van der Waals surface area contributed by atoms with Crippen molar-refractivity contribution in [2.75, 3.05) is 25.0 Å². The number of carbonyl (C=O) groups is 2. The highest BCUT2D eigenvalue weighted by atomic mass is 35.5. The van der Waals surface area contributed by atoms with E-state index < -0.39 is 28.5 Å². The second-order valence-corrected chi connectivity index (χ2v) is 11.8. The van der Waals surface area contributed by atoms with E-state index in [4.69, 9.17) is 16.3 Å². The number of para-hydroxylation sites is 1. The van der Waals surface area contributed by atoms with Crippen molar-refractivity contribution in [3.05, 3.63) is 125 Å². The van der Waals surface area contributed by atoms with Gasteiger partial charge in [0.05, 0.1) is 17.7 Å². The summed E-state index contributed by atoms with van der Waals surface area (Å²) in [6.45, 7) is -0.503. The zero-order valence-corrected chi connectivity index (χ0v) is 24.9. The number of nitrogens with one attached hydrogen (secondary N) is 1. The SMILES string of the molecule is CNC(=O)C(Cc1ccccc1)N(Cc1cccc(Cl)c1)C(=O)CN(c1ccccc1)S(=O)(=O)c1ccc(OC)cc1. The number of nitrogens with zero attached hydrogens (tertiary/aromatic N) is 2. The van der Waals surface area contributed by atoms with E-state index in [1.807, 2.05) is 30.3 Å². The Bertz CT molecular complexity index is 1600. The lowest BCUT2D eigenvalue weighted by molar-refractivity contribution is -0.139. The quantitative estimate of drug-likeness (QED) is 0.247. The lowest BCUT2D eigenvalue weighted by atomic mass is 10.0. The average molecular weight is 606 g/mol. The Morgan fingerprint density at radius 3 is 2.07 bits per heavy atom. The fourth-order valence-corrected chi connectivity index (χ4v) is 6.18. The van der Waals surface area contributed by atoms with E-state index in [1.165, 1.54) is 31.2 Å². The van der Waals surface area contributed by atoms with Gasteiger partial charge in [0.25, 0.3) is 10.0 Å². The Balaban J connectivity index is 1.76. The van der Waals surface area contributed by atoms with Gasteiger partial charge in [-0.25, -0.2) is 8.42 Å². The second kappa shape index (κ2) is 14.0. The van der Waals surface area contributed by atoms with Gasteiger partial charge in [0, 0.05) is 25.0 Å². The molecular weight excluding hydrogens is 574 g/mol. The zero-order chi connectivity index (χ0) is 30.1. The van der Waals surface area contributed by atoms with Crippen molar-refractivity contribution < 1.29 is 22.7 Å². The molecule has 0 aliphatic heterocycles. The molecule has 4 rings (SSSR count). The van der Waals surface area contributed by atoms with Crippen LogP contribution in [0.3, 0.4) is 0 Å². The van der Waals surface area contributed by atoms with Crippen LogP contribution in [0.4, 0.5) is 5.69 Å². The van der Waals surface area contributed by atoms with Gasteiger partial charge in [-0.1, -0.05) is 72.3 Å². The number of rotatable bonds is 12. The summed E-state index contributed by atoms with van der Waals surface area (Å²) < 4.78 is 34.2. The summed E-state index contributed by atoms with van der Waals surface area (Å²) >= 11 is 6.24. The maximum absolute atomic E-state index is 14.2. The number of ether oxygens (including phenoxy) is 1. The monoisotopic (exact) mass is 605 g/mol. The van der Waals surface area contributed by atoms with Crippen molar-refractivity contribution in [2.45, 2.75) is 23.9 Å². The topological polar surface area (TPSA) is 96.0 Å². The van der Waals surface area contributed by atoms with E-state index in [9.17, 15) is 18.0 Å². The lowest BCUT2D eigenvalue weighted by Gasteiger charge is -2.33. The maximum Gasteiger partial charge on any atom is 0.264 e. The summed E-state index contributed by atoms with van der Waals surface area (Å²) in [5.41, 5.74) is 1.85. The first-order chi connectivity index (χ1) is 20.2. The summed E-state index contributed by atoms with van der Waals surface area (Å²) in [5, 5.41) is 3.15. The minimum absolute atomic E-state index is 0.00604. The Kier molecular flexibility index (Phi) is 10.2. The number of hydrogen-bond donors (Lipinski definition) is 1. The molecule has 0 aliphatic rings. The molecule has 218 valence electrons. The third-order valence-electron chi connectivity index (χ3n) is 6.73. The van der Waals surface area contributed by atoms with Crippen molar-refractivity contribution >= 4 is 39.1 Å². The van der Waals surface area contributed by atoms with Crippen LogP contribution in [0.1, 0.15) is 11.1 Å². The number of sulfonamides is 1. The molecule has 4 aromatic rings. The van der Waals surface area contributed by atoms with Gasteiger partial charge in [-0.05, 0) is 59.7 Å². The molecule has 2 amide bonds. The van der Waals surface area contributed by atoms with Gasteiger partial charge in [0.2, 0.25) is 11.8 Å². The largest absolute Gasteiger partial charge is 0.497 e. The van der Waals surface area contributed by atoms with Crippen LogP contribution in [-0.2, 0) is 32.6 Å². The summed E-state index contributed by atoms with van der Waals surface area (Å²) in [6, 6.07) is 29.8. The summed E-state index contributed by atoms with van der Waals surface area (Å²) in [4.78, 5) is 28.9. The minimum atomic E-state index is -4.19. The van der Waals surface area contributed by atoms with Gasteiger partial charge in [0.1, 0.15) is 18.3 Å². The van der Waals surface area contributed by atoms with Crippen LogP contribution >= 0.6 is 11.6 Å². The molecule has 0 saturated carbocycles. The lowest BCUT2D eigenvalue weighted by Crippen LogP contribution is -2.53. The third kappa shape index (κ3) is 7.48. The Morgan fingerprint density at radius 2 is 1.48 bits per heavy atom. The molecule has 0 heterocycles. The van der Waals surface area contributed by atoms with E-state index in [-0.39, 0.29) is 23.8 Å². The van der Waals surface area contributed by atoms with Gasteiger partial charge < -0.3 is 15.0 Å². The molecule has 8 nitrogen and oxygen atoms in total. The molecule has 1 unspecified atom stereocenters. The predicted octanol–water partition coefficient (Wildman–Crippen LogP) is 4.93. The van der Waals surface area contributed by atoms with E-state index in [2.05, 4.69) is 5.32 Å². The normalized spacial score (nSPS) is 11.8. The third-order valence-corrected chi connectivity index (χ3v) is 8.75. The van der Waals surface area contributed by atoms with E-state index in [0.717, 1.165) is 9.87 Å². The fraction of sp³-hybridized carbons (Fsp3) is 0.188. The fourth-order valence-electron chi connectivity index (χ4n) is 4.55. The molecule has 10 heteroatoms. The highest BCUT2D eigenvalue weighted by Gasteiger charge is 2.34. The van der Waals surface area contributed by atoms with Gasteiger partial charge in [-0.15, -0.1) is 0 Å². The first-order valence-electron chi connectivity index (χ1n) is 13.2. The maximum atomic E-state index is 14.2. The molecule has 0 aliphatic carbocycles. The van der Waals surface area contributed by atoms with Crippen molar-refractivity contribution in [3.8, 4) is 5.75 Å². The van der Waals surface area contributed by atoms with Crippen LogP contribution in [0.15, 0.2) is 114 Å². The minimum Gasteiger partial charge on any atom is -0.497 e. The standard InChI is InChI=1S/C32H32ClN3O5S/c1-34-32(38)30(21-24-10-5-3-6-11-24)35(22-25-12-9-13-26(33)20-25)31(37)23-36(27-14-7-4-8-15-27)42(39,40)29-18-16-28(41-2)17-19-29/h3-20,30H,21-23H2,1-2H3,(H,34,38). The van der Waals surface area contributed by atoms with E-state index in [0.29, 0.717) is 22.0 Å². The highest BCUT2D eigenvalue weighted by Crippen LogP contribution is 2.26. The summed E-state index contributed by atoms with van der Waals surface area (Å²) in [6.07, 6.45) is 0.226. The molecule has 0 aromatic heterocycles. The number of amides is 2. The zero-order valence-electron chi connectivity index (χ0n) is 23.3. The second-order valence-electron chi connectivity index (χ2n) is 9.49. The summed E-state index contributed by atoms with van der Waals surface area (Å²) in [5.74, 6) is -0.433. The Labute approximate surface area is 251 Å². The molecule has 42 heavy (non-hydrogen) atoms. The number of hydrogen-bond acceptors (Lipinski definition) is 5. The van der Waals surface area contributed by atoms with Gasteiger partial charge in [-0.2, -0.15) is 0 Å². The first kappa shape index (κ1) is 30.6. The first-order valence-corrected chi connectivity index (χ1v) is 15.1. The molecular formula is C32H32ClN3O5S. The Morgan fingerprint density at radius 1 is 0.857 bits per heavy atom. The van der Waals surface area contributed by atoms with Crippen molar-refractivity contribution in [2.24, 2.45) is 0 Å². The predicted molar refractivity (Wildman–Crippen MR) is 164 cm³/mol. The number of carbonyl (C=O) groups excluding carboxylic acids is 2. The van der Waals surface area contributed by atoms with E-state index in [1.54, 1.807) is 66.7 Å². The van der Waals surface area contributed by atoms with Crippen molar-refractivity contribution in [1.29, 1.82) is 0 Å². The molecule has 1 atom stereocenters. The molecule has 0 fully saturated rings. The highest BCUT2D eigenvalue weighted by molar-refractivity contribution is 7.92. The average Bonchev–Trinajstić information content (AvgIpc) is 3.02. The number of anilines is 1. The smallest absolute Gasteiger partial charge is 0.264 e. The molecule has 0 spiro atoms. The van der Waals surface area contributed by atoms with Gasteiger partial charge in [-0.3, -0.25) is 13.9 Å². The van der Waals surface area contributed by atoms with Gasteiger partial charge in [0.15, 0.2) is 0 Å². The van der Waals surface area contributed by atoms with Crippen LogP contribution in [-0.4, -0.2) is 51.9 Å². The number of likely N-dealkylation sites (N-methyl/N-ethyl adjacent to an activating group) is 1. The molecule has 0 saturated heterocycles.